The largest absolute Gasteiger partial charge is 0.474 e. The molecule has 1 aromatic heterocycles. The van der Waals surface area contributed by atoms with E-state index in [-0.39, 0.29) is 12.2 Å². The van der Waals surface area contributed by atoms with E-state index in [0.29, 0.717) is 5.88 Å². The van der Waals surface area contributed by atoms with Crippen molar-refractivity contribution in [1.29, 1.82) is 0 Å². The van der Waals surface area contributed by atoms with Crippen LogP contribution in [0.3, 0.4) is 0 Å². The Bertz CT molecular complexity index is 651. The standard InChI is InChI=1S/C19H29BrN4O2/c1-6-24(5)12-21-18-11-17(20)19(22-14(18)4)25-16-9-7-15(8-10-16)23-26-13(2)3/h11-13,16H,6-10H2,1-5H3/b21-12+,23-15?. The molecule has 0 amide bonds. The predicted molar refractivity (Wildman–Crippen MR) is 110 cm³/mol. The molecule has 1 aliphatic carbocycles. The fraction of sp³-hybridized carbons (Fsp3) is 0.632. The second-order valence-electron chi connectivity index (χ2n) is 6.83. The second kappa shape index (κ2) is 9.90. The highest BCUT2D eigenvalue weighted by molar-refractivity contribution is 9.10. The van der Waals surface area contributed by atoms with Crippen molar-refractivity contribution in [3.05, 3.63) is 16.2 Å². The van der Waals surface area contributed by atoms with Crippen molar-refractivity contribution < 1.29 is 9.57 Å². The molecule has 1 saturated carbocycles. The Hall–Kier alpha value is -1.63. The fourth-order valence-corrected chi connectivity index (χ4v) is 2.88. The Morgan fingerprint density at radius 1 is 1.38 bits per heavy atom. The third-order valence-corrected chi connectivity index (χ3v) is 4.75. The zero-order valence-corrected chi connectivity index (χ0v) is 17.9. The van der Waals surface area contributed by atoms with E-state index in [2.05, 4.69) is 38.0 Å². The van der Waals surface area contributed by atoms with Crippen LogP contribution in [0, 0.1) is 6.92 Å². The maximum atomic E-state index is 6.13. The molecule has 0 radical (unpaired) electrons. The van der Waals surface area contributed by atoms with Gasteiger partial charge in [0.2, 0.25) is 5.88 Å². The van der Waals surface area contributed by atoms with Gasteiger partial charge in [0.1, 0.15) is 12.2 Å². The molecule has 0 atom stereocenters. The van der Waals surface area contributed by atoms with E-state index in [1.165, 1.54) is 0 Å². The smallest absolute Gasteiger partial charge is 0.228 e. The van der Waals surface area contributed by atoms with Gasteiger partial charge in [-0.15, -0.1) is 0 Å². The third-order valence-electron chi connectivity index (χ3n) is 4.18. The third kappa shape index (κ3) is 6.27. The van der Waals surface area contributed by atoms with Crippen LogP contribution < -0.4 is 4.74 Å². The van der Waals surface area contributed by atoms with Gasteiger partial charge < -0.3 is 14.5 Å². The minimum Gasteiger partial charge on any atom is -0.474 e. The van der Waals surface area contributed by atoms with Gasteiger partial charge in [0.25, 0.3) is 0 Å². The number of hydrogen-bond donors (Lipinski definition) is 0. The topological polar surface area (TPSA) is 59.3 Å². The number of rotatable bonds is 7. The predicted octanol–water partition coefficient (Wildman–Crippen LogP) is 4.87. The quantitative estimate of drug-likeness (QED) is 0.355. The summed E-state index contributed by atoms with van der Waals surface area (Å²) < 4.78 is 6.96. The average Bonchev–Trinajstić information content (AvgIpc) is 2.62. The van der Waals surface area contributed by atoms with Crippen molar-refractivity contribution in [3.8, 4) is 5.88 Å². The molecule has 0 saturated heterocycles. The Morgan fingerprint density at radius 3 is 2.69 bits per heavy atom. The fourth-order valence-electron chi connectivity index (χ4n) is 2.48. The van der Waals surface area contributed by atoms with Crippen LogP contribution in [0.25, 0.3) is 0 Å². The number of pyridine rings is 1. The Balaban J connectivity index is 1.97. The lowest BCUT2D eigenvalue weighted by Gasteiger charge is -2.24. The molecule has 7 heteroatoms. The van der Waals surface area contributed by atoms with Gasteiger partial charge in [-0.3, -0.25) is 0 Å². The monoisotopic (exact) mass is 424 g/mol. The molecule has 1 heterocycles. The summed E-state index contributed by atoms with van der Waals surface area (Å²) in [5, 5.41) is 4.23. The van der Waals surface area contributed by atoms with E-state index in [0.717, 1.165) is 53.8 Å². The minimum absolute atomic E-state index is 0.123. The summed E-state index contributed by atoms with van der Waals surface area (Å²) in [6, 6.07) is 1.96. The summed E-state index contributed by atoms with van der Waals surface area (Å²) >= 11 is 3.57. The number of aryl methyl sites for hydroxylation is 1. The van der Waals surface area contributed by atoms with Crippen LogP contribution >= 0.6 is 15.9 Å². The van der Waals surface area contributed by atoms with E-state index in [4.69, 9.17) is 9.57 Å². The lowest BCUT2D eigenvalue weighted by molar-refractivity contribution is 0.0830. The highest BCUT2D eigenvalue weighted by atomic mass is 79.9. The molecule has 0 aliphatic heterocycles. The molecule has 0 N–H and O–H groups in total. The molecule has 0 unspecified atom stereocenters. The Labute approximate surface area is 164 Å². The summed E-state index contributed by atoms with van der Waals surface area (Å²) in [6.45, 7) is 8.91. The highest BCUT2D eigenvalue weighted by Crippen LogP contribution is 2.32. The van der Waals surface area contributed by atoms with Crippen LogP contribution in [-0.4, -0.2) is 47.7 Å². The Kier molecular flexibility index (Phi) is 7.87. The van der Waals surface area contributed by atoms with Gasteiger partial charge in [-0.1, -0.05) is 5.16 Å². The zero-order valence-electron chi connectivity index (χ0n) is 16.3. The molecule has 1 aromatic rings. The lowest BCUT2D eigenvalue weighted by atomic mass is 9.96. The maximum Gasteiger partial charge on any atom is 0.228 e. The highest BCUT2D eigenvalue weighted by Gasteiger charge is 2.21. The number of halogens is 1. The number of nitrogens with zero attached hydrogens (tertiary/aromatic N) is 4. The van der Waals surface area contributed by atoms with Crippen LogP contribution in [-0.2, 0) is 4.84 Å². The Morgan fingerprint density at radius 2 is 2.08 bits per heavy atom. The number of hydrogen-bond acceptors (Lipinski definition) is 5. The van der Waals surface area contributed by atoms with E-state index in [1.54, 1.807) is 0 Å². The van der Waals surface area contributed by atoms with Gasteiger partial charge in [0, 0.05) is 13.6 Å². The molecule has 1 fully saturated rings. The van der Waals surface area contributed by atoms with E-state index < -0.39 is 0 Å². The van der Waals surface area contributed by atoms with Gasteiger partial charge in [-0.25, -0.2) is 9.98 Å². The maximum absolute atomic E-state index is 6.13. The van der Waals surface area contributed by atoms with Gasteiger partial charge >= 0.3 is 0 Å². The van der Waals surface area contributed by atoms with Crippen LogP contribution in [0.15, 0.2) is 20.7 Å². The minimum atomic E-state index is 0.123. The molecule has 6 nitrogen and oxygen atoms in total. The first kappa shape index (κ1) is 20.7. The molecule has 26 heavy (non-hydrogen) atoms. The molecule has 144 valence electrons. The zero-order chi connectivity index (χ0) is 19.1. The number of ether oxygens (including phenoxy) is 1. The first-order valence-electron chi connectivity index (χ1n) is 9.18. The number of aromatic nitrogens is 1. The molecule has 0 spiro atoms. The van der Waals surface area contributed by atoms with Crippen LogP contribution in [0.5, 0.6) is 5.88 Å². The SMILES string of the molecule is CCN(C)/C=N/c1cc(Br)c(OC2CCC(=NOC(C)C)CC2)nc1C. The van der Waals surface area contributed by atoms with Gasteiger partial charge in [-0.2, -0.15) is 0 Å². The number of oxime groups is 1. The summed E-state index contributed by atoms with van der Waals surface area (Å²) in [4.78, 5) is 16.4. The molecule has 0 aromatic carbocycles. The summed E-state index contributed by atoms with van der Waals surface area (Å²) in [7, 11) is 1.99. The molecule has 2 rings (SSSR count). The van der Waals surface area contributed by atoms with Crippen molar-refractivity contribution in [3.63, 3.8) is 0 Å². The second-order valence-corrected chi connectivity index (χ2v) is 7.68. The molecular formula is C19H29BrN4O2. The van der Waals surface area contributed by atoms with Crippen molar-refractivity contribution in [1.82, 2.24) is 9.88 Å². The van der Waals surface area contributed by atoms with E-state index in [9.17, 15) is 0 Å². The van der Waals surface area contributed by atoms with E-state index in [1.807, 2.05) is 45.1 Å². The average molecular weight is 425 g/mol. The number of aliphatic imine (C=N–C) groups is 1. The summed E-state index contributed by atoms with van der Waals surface area (Å²) in [5.41, 5.74) is 2.81. The first-order valence-corrected chi connectivity index (χ1v) is 9.98. The van der Waals surface area contributed by atoms with Crippen molar-refractivity contribution >= 4 is 33.7 Å². The lowest BCUT2D eigenvalue weighted by Crippen LogP contribution is -2.25. The van der Waals surface area contributed by atoms with E-state index >= 15 is 0 Å². The van der Waals surface area contributed by atoms with Gasteiger partial charge in [-0.05, 0) is 75.4 Å². The van der Waals surface area contributed by atoms with Crippen LogP contribution in [0.2, 0.25) is 0 Å². The van der Waals surface area contributed by atoms with Crippen molar-refractivity contribution in [2.45, 2.75) is 65.6 Å². The molecular weight excluding hydrogens is 396 g/mol. The molecule has 1 aliphatic rings. The van der Waals surface area contributed by atoms with Crippen molar-refractivity contribution in [2.24, 2.45) is 10.1 Å². The van der Waals surface area contributed by atoms with Crippen LogP contribution in [0.4, 0.5) is 5.69 Å². The van der Waals surface area contributed by atoms with Gasteiger partial charge in [0.05, 0.1) is 27.9 Å². The molecule has 0 bridgehead atoms. The van der Waals surface area contributed by atoms with Gasteiger partial charge in [0.15, 0.2) is 0 Å². The summed E-state index contributed by atoms with van der Waals surface area (Å²) in [5.74, 6) is 0.633. The van der Waals surface area contributed by atoms with Crippen molar-refractivity contribution in [2.75, 3.05) is 13.6 Å². The normalized spacial score (nSPS) is 17.7. The first-order chi connectivity index (χ1) is 12.4. The van der Waals surface area contributed by atoms with Crippen LogP contribution in [0.1, 0.15) is 52.1 Å². The summed E-state index contributed by atoms with van der Waals surface area (Å²) in [6.07, 6.45) is 5.75.